The van der Waals surface area contributed by atoms with Gasteiger partial charge < -0.3 is 10.0 Å². The lowest BCUT2D eigenvalue weighted by molar-refractivity contribution is -0.160. The van der Waals surface area contributed by atoms with E-state index in [1.807, 2.05) is 0 Å². The smallest absolute Gasteiger partial charge is 0.329 e. The highest BCUT2D eigenvalue weighted by molar-refractivity contribution is 5.86. The van der Waals surface area contributed by atoms with Crippen LogP contribution in [0.2, 0.25) is 0 Å². The van der Waals surface area contributed by atoms with E-state index in [4.69, 9.17) is 5.11 Å². The van der Waals surface area contributed by atoms with E-state index >= 15 is 0 Å². The minimum absolute atomic E-state index is 0.0606. The van der Waals surface area contributed by atoms with E-state index in [1.54, 1.807) is 13.8 Å². The highest BCUT2D eigenvalue weighted by Gasteiger charge is 2.43. The Morgan fingerprint density at radius 3 is 2.57 bits per heavy atom. The highest BCUT2D eigenvalue weighted by Crippen LogP contribution is 2.28. The largest absolute Gasteiger partial charge is 0.480 e. The van der Waals surface area contributed by atoms with E-state index in [2.05, 4.69) is 0 Å². The molecule has 0 saturated carbocycles. The van der Waals surface area contributed by atoms with Crippen molar-refractivity contribution in [2.24, 2.45) is 0 Å². The molecule has 1 N–H and O–H groups in total. The van der Waals surface area contributed by atoms with E-state index in [9.17, 15) is 9.59 Å². The number of carboxylic acids is 1. The fourth-order valence-corrected chi connectivity index (χ4v) is 1.93. The first-order chi connectivity index (χ1) is 6.52. The van der Waals surface area contributed by atoms with E-state index in [0.717, 1.165) is 12.8 Å². The minimum atomic E-state index is -0.981. The fraction of sp³-hybridized carbons (Fsp3) is 0.800. The van der Waals surface area contributed by atoms with Gasteiger partial charge in [0.05, 0.1) is 0 Å². The second-order valence-corrected chi connectivity index (χ2v) is 3.94. The maximum Gasteiger partial charge on any atom is 0.329 e. The average molecular weight is 199 g/mol. The Morgan fingerprint density at radius 2 is 2.07 bits per heavy atom. The van der Waals surface area contributed by atoms with Gasteiger partial charge in [-0.05, 0) is 26.2 Å². The van der Waals surface area contributed by atoms with Crippen molar-refractivity contribution in [3.63, 3.8) is 0 Å². The summed E-state index contributed by atoms with van der Waals surface area (Å²) in [6.07, 6.45) is 2.74. The molecule has 0 aliphatic carbocycles. The maximum absolute atomic E-state index is 11.5. The molecule has 80 valence electrons. The number of carbonyl (C=O) groups excluding carboxylic acids is 1. The van der Waals surface area contributed by atoms with E-state index < -0.39 is 11.5 Å². The predicted molar refractivity (Wildman–Crippen MR) is 51.9 cm³/mol. The van der Waals surface area contributed by atoms with Crippen LogP contribution in [-0.4, -0.2) is 34.0 Å². The molecule has 1 aliphatic heterocycles. The Labute approximate surface area is 83.9 Å². The van der Waals surface area contributed by atoms with Gasteiger partial charge >= 0.3 is 5.97 Å². The van der Waals surface area contributed by atoms with Crippen molar-refractivity contribution in [1.29, 1.82) is 0 Å². The number of amides is 1. The molecule has 1 fully saturated rings. The predicted octanol–water partition coefficient (Wildman–Crippen LogP) is 1.25. The van der Waals surface area contributed by atoms with Gasteiger partial charge in [0.25, 0.3) is 0 Å². The van der Waals surface area contributed by atoms with Gasteiger partial charge in [-0.2, -0.15) is 0 Å². The molecule has 0 bridgehead atoms. The van der Waals surface area contributed by atoms with Crippen molar-refractivity contribution < 1.29 is 14.7 Å². The van der Waals surface area contributed by atoms with Crippen molar-refractivity contribution in [2.75, 3.05) is 6.54 Å². The lowest BCUT2D eigenvalue weighted by atomic mass is 9.88. The molecule has 1 atom stereocenters. The fourth-order valence-electron chi connectivity index (χ4n) is 1.93. The van der Waals surface area contributed by atoms with Gasteiger partial charge in [0.2, 0.25) is 5.91 Å². The molecule has 1 unspecified atom stereocenters. The zero-order valence-electron chi connectivity index (χ0n) is 8.75. The average Bonchev–Trinajstić information content (AvgIpc) is 2.17. The molecule has 4 heteroatoms. The Bertz CT molecular complexity index is 252. The molecule has 0 aromatic carbocycles. The molecule has 0 aromatic rings. The first-order valence-corrected chi connectivity index (χ1v) is 5.06. The molecule has 1 rings (SSSR count). The number of hydrogen-bond acceptors (Lipinski definition) is 2. The summed E-state index contributed by atoms with van der Waals surface area (Å²) < 4.78 is 0. The van der Waals surface area contributed by atoms with Crippen LogP contribution in [0.4, 0.5) is 0 Å². The number of carboxylic acid groups (broad SMARTS) is 1. The van der Waals surface area contributed by atoms with Gasteiger partial charge in [0.1, 0.15) is 5.54 Å². The summed E-state index contributed by atoms with van der Waals surface area (Å²) >= 11 is 0. The molecule has 1 aliphatic rings. The third-order valence-corrected chi connectivity index (χ3v) is 2.96. The van der Waals surface area contributed by atoms with Crippen LogP contribution in [0.1, 0.15) is 39.5 Å². The number of rotatable bonds is 2. The number of likely N-dealkylation sites (tertiary alicyclic amines) is 1. The lowest BCUT2D eigenvalue weighted by Gasteiger charge is -2.41. The number of carbonyl (C=O) groups is 2. The molecule has 4 nitrogen and oxygen atoms in total. The minimum Gasteiger partial charge on any atom is -0.480 e. The normalized spacial score (nSPS) is 27.4. The van der Waals surface area contributed by atoms with Gasteiger partial charge in [-0.1, -0.05) is 6.92 Å². The Hall–Kier alpha value is -1.06. The molecular formula is C10H17NO3. The summed E-state index contributed by atoms with van der Waals surface area (Å²) in [5.74, 6) is -0.950. The van der Waals surface area contributed by atoms with Crippen LogP contribution in [0.3, 0.4) is 0 Å². The second kappa shape index (κ2) is 3.98. The van der Waals surface area contributed by atoms with Crippen molar-refractivity contribution in [3.8, 4) is 0 Å². The SMILES string of the molecule is CCC(=O)N1CCCCC1(C)C(=O)O. The number of piperidine rings is 1. The van der Waals surface area contributed by atoms with Crippen LogP contribution >= 0.6 is 0 Å². The quantitative estimate of drug-likeness (QED) is 0.728. The molecule has 0 aromatic heterocycles. The van der Waals surface area contributed by atoms with Crippen LogP contribution in [0, 0.1) is 0 Å². The van der Waals surface area contributed by atoms with Crippen molar-refractivity contribution in [1.82, 2.24) is 4.90 Å². The third-order valence-electron chi connectivity index (χ3n) is 2.96. The highest BCUT2D eigenvalue weighted by atomic mass is 16.4. The maximum atomic E-state index is 11.5. The summed E-state index contributed by atoms with van der Waals surface area (Å²) in [6.45, 7) is 3.98. The Balaban J connectivity index is 2.88. The Kier molecular flexibility index (Phi) is 3.13. The molecule has 1 heterocycles. The topological polar surface area (TPSA) is 57.6 Å². The molecular weight excluding hydrogens is 182 g/mol. The van der Waals surface area contributed by atoms with Crippen LogP contribution in [0.25, 0.3) is 0 Å². The standard InChI is InChI=1S/C10H17NO3/c1-3-8(12)11-7-5-4-6-10(11,2)9(13)14/h3-7H2,1-2H3,(H,13,14). The summed E-state index contributed by atoms with van der Waals surface area (Å²) in [4.78, 5) is 24.2. The number of hydrogen-bond donors (Lipinski definition) is 1. The van der Waals surface area contributed by atoms with E-state index in [-0.39, 0.29) is 5.91 Å². The monoisotopic (exact) mass is 199 g/mol. The summed E-state index contributed by atoms with van der Waals surface area (Å²) in [5.41, 5.74) is -0.981. The summed E-state index contributed by atoms with van der Waals surface area (Å²) in [5, 5.41) is 9.12. The second-order valence-electron chi connectivity index (χ2n) is 3.94. The molecule has 14 heavy (non-hydrogen) atoms. The van der Waals surface area contributed by atoms with Crippen LogP contribution in [0.15, 0.2) is 0 Å². The molecule has 1 saturated heterocycles. The molecule has 0 radical (unpaired) electrons. The van der Waals surface area contributed by atoms with Crippen molar-refractivity contribution in [3.05, 3.63) is 0 Å². The first kappa shape index (κ1) is 11.0. The van der Waals surface area contributed by atoms with Gasteiger partial charge in [0.15, 0.2) is 0 Å². The van der Waals surface area contributed by atoms with E-state index in [0.29, 0.717) is 19.4 Å². The van der Waals surface area contributed by atoms with Gasteiger partial charge in [0, 0.05) is 13.0 Å². The van der Waals surface area contributed by atoms with Crippen molar-refractivity contribution >= 4 is 11.9 Å². The van der Waals surface area contributed by atoms with E-state index in [1.165, 1.54) is 4.90 Å². The van der Waals surface area contributed by atoms with Crippen LogP contribution in [0.5, 0.6) is 0 Å². The van der Waals surface area contributed by atoms with Gasteiger partial charge in [-0.25, -0.2) is 4.79 Å². The number of aliphatic carboxylic acids is 1. The van der Waals surface area contributed by atoms with Crippen LogP contribution < -0.4 is 0 Å². The van der Waals surface area contributed by atoms with Gasteiger partial charge in [-0.15, -0.1) is 0 Å². The molecule has 1 amide bonds. The molecule has 0 spiro atoms. The van der Waals surface area contributed by atoms with Crippen molar-refractivity contribution in [2.45, 2.75) is 45.1 Å². The van der Waals surface area contributed by atoms with Gasteiger partial charge in [-0.3, -0.25) is 4.79 Å². The number of nitrogens with zero attached hydrogens (tertiary/aromatic N) is 1. The summed E-state index contributed by atoms with van der Waals surface area (Å²) in [6, 6.07) is 0. The first-order valence-electron chi connectivity index (χ1n) is 5.06. The lowest BCUT2D eigenvalue weighted by Crippen LogP contribution is -2.57. The summed E-state index contributed by atoms with van der Waals surface area (Å²) in [7, 11) is 0. The third kappa shape index (κ3) is 1.74. The Morgan fingerprint density at radius 1 is 1.43 bits per heavy atom. The van der Waals surface area contributed by atoms with Crippen LogP contribution in [-0.2, 0) is 9.59 Å². The zero-order valence-corrected chi connectivity index (χ0v) is 8.75. The zero-order chi connectivity index (χ0) is 10.8.